The van der Waals surface area contributed by atoms with Crippen LogP contribution < -0.4 is 10.5 Å². The van der Waals surface area contributed by atoms with Gasteiger partial charge in [0.05, 0.1) is 5.02 Å². The minimum Gasteiger partial charge on any atom is -0.329 e. The van der Waals surface area contributed by atoms with Gasteiger partial charge in [-0.3, -0.25) is 0 Å². The molecule has 1 fully saturated rings. The van der Waals surface area contributed by atoms with Crippen molar-refractivity contribution in [3.05, 3.63) is 28.2 Å². The summed E-state index contributed by atoms with van der Waals surface area (Å²) in [7, 11) is -3.73. The van der Waals surface area contributed by atoms with E-state index in [9.17, 15) is 8.42 Å². The van der Waals surface area contributed by atoms with E-state index in [0.29, 0.717) is 5.02 Å². The predicted octanol–water partition coefficient (Wildman–Crippen LogP) is 2.82. The number of benzene rings is 1. The zero-order valence-corrected chi connectivity index (χ0v) is 14.0. The molecule has 114 valence electrons. The molecule has 0 radical (unpaired) electrons. The lowest BCUT2D eigenvalue weighted by atomic mass is 9.98. The van der Waals surface area contributed by atoms with E-state index in [2.05, 4.69) is 4.72 Å². The lowest BCUT2D eigenvalue weighted by Crippen LogP contribution is -2.53. The summed E-state index contributed by atoms with van der Waals surface area (Å²) in [5, 5.41) is 0.470. The molecule has 20 heavy (non-hydrogen) atoms. The maximum absolute atomic E-state index is 12.4. The van der Waals surface area contributed by atoms with Crippen molar-refractivity contribution in [3.8, 4) is 0 Å². The molecule has 1 saturated carbocycles. The summed E-state index contributed by atoms with van der Waals surface area (Å²) >= 11 is 11.8. The first-order chi connectivity index (χ1) is 8.78. The van der Waals surface area contributed by atoms with Crippen molar-refractivity contribution in [1.82, 2.24) is 4.72 Å². The van der Waals surface area contributed by atoms with Crippen molar-refractivity contribution in [1.29, 1.82) is 0 Å². The van der Waals surface area contributed by atoms with E-state index in [1.807, 2.05) is 6.92 Å². The zero-order chi connectivity index (χ0) is 14.3. The maximum atomic E-state index is 12.4. The number of nitrogens with two attached hydrogens (primary N) is 1. The summed E-state index contributed by atoms with van der Waals surface area (Å²) in [6.45, 7) is 2.07. The Bertz CT molecular complexity index is 590. The van der Waals surface area contributed by atoms with Crippen LogP contribution in [0.15, 0.2) is 23.1 Å². The van der Waals surface area contributed by atoms with E-state index >= 15 is 0 Å². The van der Waals surface area contributed by atoms with E-state index in [4.69, 9.17) is 28.9 Å². The molecule has 0 aliphatic heterocycles. The molecule has 1 atom stereocenters. The van der Waals surface area contributed by atoms with Crippen molar-refractivity contribution in [2.24, 2.45) is 11.7 Å². The third-order valence-corrected chi connectivity index (χ3v) is 5.78. The molecule has 0 bridgehead atoms. The Morgan fingerprint density at radius 3 is 2.50 bits per heavy atom. The highest BCUT2D eigenvalue weighted by molar-refractivity contribution is 7.89. The second-order valence-corrected chi connectivity index (χ2v) is 7.57. The van der Waals surface area contributed by atoms with Crippen LogP contribution in [0.1, 0.15) is 19.8 Å². The van der Waals surface area contributed by atoms with Crippen LogP contribution in [0.5, 0.6) is 0 Å². The summed E-state index contributed by atoms with van der Waals surface area (Å²) in [5.41, 5.74) is 5.08. The quantitative estimate of drug-likeness (QED) is 0.849. The smallest absolute Gasteiger partial charge is 0.242 e. The van der Waals surface area contributed by atoms with E-state index < -0.39 is 15.6 Å². The minimum absolute atomic E-state index is 0. The number of rotatable bonds is 5. The fourth-order valence-corrected chi connectivity index (χ4v) is 4.30. The van der Waals surface area contributed by atoms with Crippen LogP contribution in [0.4, 0.5) is 0 Å². The fourth-order valence-electron chi connectivity index (χ4n) is 2.06. The highest BCUT2D eigenvalue weighted by Gasteiger charge is 2.43. The van der Waals surface area contributed by atoms with Gasteiger partial charge in [0.1, 0.15) is 4.90 Å². The van der Waals surface area contributed by atoms with Crippen molar-refractivity contribution in [2.75, 3.05) is 6.54 Å². The molecule has 1 unspecified atom stereocenters. The summed E-state index contributed by atoms with van der Waals surface area (Å²) in [6, 6.07) is 4.36. The fraction of sp³-hybridized carbons (Fsp3) is 0.500. The van der Waals surface area contributed by atoms with Crippen LogP contribution in [0.3, 0.4) is 0 Å². The molecule has 4 nitrogen and oxygen atoms in total. The number of hydrogen-bond acceptors (Lipinski definition) is 3. The molecule has 2 rings (SSSR count). The highest BCUT2D eigenvalue weighted by atomic mass is 35.5. The molecule has 0 saturated heterocycles. The largest absolute Gasteiger partial charge is 0.329 e. The Hall–Kier alpha value is -0.0400. The van der Waals surface area contributed by atoms with Crippen molar-refractivity contribution in [3.63, 3.8) is 0 Å². The normalized spacial score (nSPS) is 18.2. The Balaban J connectivity index is 0.00000200. The molecular formula is C12H17Cl3N2O2S. The van der Waals surface area contributed by atoms with Crippen LogP contribution >= 0.6 is 35.6 Å². The molecule has 0 heterocycles. The number of halogens is 3. The molecule has 3 N–H and O–H groups in total. The Morgan fingerprint density at radius 1 is 1.40 bits per heavy atom. The molecule has 0 amide bonds. The van der Waals surface area contributed by atoms with Gasteiger partial charge < -0.3 is 5.73 Å². The van der Waals surface area contributed by atoms with E-state index in [-0.39, 0.29) is 34.8 Å². The Kier molecular flexibility index (Phi) is 5.75. The second-order valence-electron chi connectivity index (χ2n) is 5.08. The van der Waals surface area contributed by atoms with Crippen LogP contribution in [0, 0.1) is 5.92 Å². The first kappa shape index (κ1) is 18.0. The van der Waals surface area contributed by atoms with Crippen molar-refractivity contribution >= 4 is 45.6 Å². The average Bonchev–Trinajstić information content (AvgIpc) is 3.15. The molecule has 0 spiro atoms. The lowest BCUT2D eigenvalue weighted by Gasteiger charge is -2.29. The van der Waals surface area contributed by atoms with Crippen LogP contribution in [0.25, 0.3) is 0 Å². The van der Waals surface area contributed by atoms with Gasteiger partial charge in [0.15, 0.2) is 0 Å². The summed E-state index contributed by atoms with van der Waals surface area (Å²) in [5.74, 6) is 0.283. The first-order valence-electron chi connectivity index (χ1n) is 5.97. The molecule has 1 aromatic carbocycles. The van der Waals surface area contributed by atoms with Crippen LogP contribution in [0.2, 0.25) is 10.0 Å². The molecule has 1 aliphatic rings. The lowest BCUT2D eigenvalue weighted by molar-refractivity contribution is 0.374. The summed E-state index contributed by atoms with van der Waals surface area (Å²) in [4.78, 5) is -0.0120. The van der Waals surface area contributed by atoms with E-state index in [1.165, 1.54) is 12.1 Å². The Labute approximate surface area is 135 Å². The molecule has 1 aliphatic carbocycles. The first-order valence-corrected chi connectivity index (χ1v) is 8.21. The van der Waals surface area contributed by atoms with Gasteiger partial charge in [-0.2, -0.15) is 0 Å². The number of nitrogens with one attached hydrogen (secondary N) is 1. The molecule has 8 heteroatoms. The van der Waals surface area contributed by atoms with Gasteiger partial charge in [-0.25, -0.2) is 13.1 Å². The van der Waals surface area contributed by atoms with Gasteiger partial charge in [-0.15, -0.1) is 12.4 Å². The van der Waals surface area contributed by atoms with Gasteiger partial charge in [0.25, 0.3) is 0 Å². The topological polar surface area (TPSA) is 72.2 Å². The van der Waals surface area contributed by atoms with E-state index in [1.54, 1.807) is 6.07 Å². The second kappa shape index (κ2) is 6.38. The highest BCUT2D eigenvalue weighted by Crippen LogP contribution is 2.40. The minimum atomic E-state index is -3.73. The number of hydrogen-bond donors (Lipinski definition) is 2. The van der Waals surface area contributed by atoms with Crippen molar-refractivity contribution < 1.29 is 8.42 Å². The summed E-state index contributed by atoms with van der Waals surface area (Å²) in [6.07, 6.45) is 1.97. The standard InChI is InChI=1S/C12H16Cl2N2O2S.ClH/c1-12(7-15,8-2-3-8)16-19(17,18)11-6-9(13)4-5-10(11)14;/h4-6,8,16H,2-3,7,15H2,1H3;1H. The van der Waals surface area contributed by atoms with Gasteiger partial charge in [0.2, 0.25) is 10.0 Å². The SMILES string of the molecule is CC(CN)(NS(=O)(=O)c1cc(Cl)ccc1Cl)C1CC1.Cl. The summed E-state index contributed by atoms with van der Waals surface area (Å²) < 4.78 is 27.5. The maximum Gasteiger partial charge on any atom is 0.242 e. The van der Waals surface area contributed by atoms with Gasteiger partial charge >= 0.3 is 0 Å². The van der Waals surface area contributed by atoms with E-state index in [0.717, 1.165) is 12.8 Å². The molecular weight excluding hydrogens is 343 g/mol. The monoisotopic (exact) mass is 358 g/mol. The Morgan fingerprint density at radius 2 is 2.00 bits per heavy atom. The van der Waals surface area contributed by atoms with Gasteiger partial charge in [0, 0.05) is 17.1 Å². The molecule has 1 aromatic rings. The van der Waals surface area contributed by atoms with Crippen LogP contribution in [-0.4, -0.2) is 20.5 Å². The van der Waals surface area contributed by atoms with Gasteiger partial charge in [-0.05, 0) is 43.9 Å². The molecule has 0 aromatic heterocycles. The third kappa shape index (κ3) is 3.78. The average molecular weight is 360 g/mol. The zero-order valence-electron chi connectivity index (χ0n) is 10.9. The third-order valence-electron chi connectivity index (χ3n) is 3.45. The van der Waals surface area contributed by atoms with Crippen LogP contribution in [-0.2, 0) is 10.0 Å². The van der Waals surface area contributed by atoms with Gasteiger partial charge in [-0.1, -0.05) is 23.2 Å². The number of sulfonamides is 1. The van der Waals surface area contributed by atoms with Crippen molar-refractivity contribution in [2.45, 2.75) is 30.2 Å². The predicted molar refractivity (Wildman–Crippen MR) is 84.2 cm³/mol.